The molecule has 1 amide bonds. The van der Waals surface area contributed by atoms with Crippen LogP contribution in [0.1, 0.15) is 13.0 Å². The van der Waals surface area contributed by atoms with Gasteiger partial charge in [0, 0.05) is 26.2 Å². The summed E-state index contributed by atoms with van der Waals surface area (Å²) in [4.78, 5) is 17.7. The average molecular weight is 287 g/mol. The lowest BCUT2D eigenvalue weighted by atomic mass is 10.2. The van der Waals surface area contributed by atoms with Crippen molar-refractivity contribution in [2.24, 2.45) is 0 Å². The highest BCUT2D eigenvalue weighted by Gasteiger charge is 2.29. The second-order valence-corrected chi connectivity index (χ2v) is 6.52. The molecule has 2 rings (SSSR count). The lowest BCUT2D eigenvalue weighted by molar-refractivity contribution is -0.135. The van der Waals surface area contributed by atoms with Crippen molar-refractivity contribution in [1.82, 2.24) is 24.0 Å². The normalized spacial score (nSPS) is 19.4. The third-order valence-corrected chi connectivity index (χ3v) is 4.51. The van der Waals surface area contributed by atoms with Crippen molar-refractivity contribution in [1.29, 1.82) is 0 Å². The fourth-order valence-electron chi connectivity index (χ4n) is 2.03. The van der Waals surface area contributed by atoms with Crippen LogP contribution in [-0.4, -0.2) is 70.7 Å². The number of hydrogen-bond donors (Lipinski definition) is 0. The van der Waals surface area contributed by atoms with Crippen molar-refractivity contribution >= 4 is 15.9 Å². The van der Waals surface area contributed by atoms with Crippen LogP contribution in [0, 0.1) is 0 Å². The van der Waals surface area contributed by atoms with Gasteiger partial charge in [-0.05, 0) is 6.92 Å². The number of hydrogen-bond acceptors (Lipinski definition) is 5. The molecule has 1 atom stereocenters. The van der Waals surface area contributed by atoms with Crippen molar-refractivity contribution < 1.29 is 13.2 Å². The highest BCUT2D eigenvalue weighted by molar-refractivity contribution is 7.88. The Kier molecular flexibility index (Phi) is 3.85. The first-order valence-corrected chi connectivity index (χ1v) is 7.82. The van der Waals surface area contributed by atoms with Crippen LogP contribution in [0.25, 0.3) is 0 Å². The van der Waals surface area contributed by atoms with Gasteiger partial charge >= 0.3 is 0 Å². The molecule has 1 saturated heterocycles. The van der Waals surface area contributed by atoms with Gasteiger partial charge in [0.15, 0.2) is 0 Å². The van der Waals surface area contributed by atoms with E-state index in [1.807, 2.05) is 0 Å². The minimum Gasteiger partial charge on any atom is -0.338 e. The molecule has 0 radical (unpaired) electrons. The zero-order chi connectivity index (χ0) is 14.0. The molecule has 19 heavy (non-hydrogen) atoms. The van der Waals surface area contributed by atoms with Crippen LogP contribution in [0.4, 0.5) is 0 Å². The third-order valence-electron chi connectivity index (χ3n) is 3.21. The summed E-state index contributed by atoms with van der Waals surface area (Å²) in [6, 6.07) is -0.424. The molecule has 1 fully saturated rings. The largest absolute Gasteiger partial charge is 0.338 e. The Morgan fingerprint density at radius 1 is 1.26 bits per heavy atom. The highest BCUT2D eigenvalue weighted by Crippen LogP contribution is 2.12. The Morgan fingerprint density at radius 2 is 1.89 bits per heavy atom. The fourth-order valence-corrected chi connectivity index (χ4v) is 2.86. The number of amides is 1. The van der Waals surface area contributed by atoms with Crippen LogP contribution in [0.3, 0.4) is 0 Å². The number of sulfonamides is 1. The molecule has 0 N–H and O–H groups in total. The molecule has 1 aromatic heterocycles. The van der Waals surface area contributed by atoms with Crippen molar-refractivity contribution in [2.75, 3.05) is 32.4 Å². The van der Waals surface area contributed by atoms with E-state index >= 15 is 0 Å². The molecule has 0 bridgehead atoms. The molecule has 0 saturated carbocycles. The van der Waals surface area contributed by atoms with E-state index in [0.717, 1.165) is 0 Å². The number of aromatic nitrogens is 3. The predicted octanol–water partition coefficient (Wildman–Crippen LogP) is -1.06. The van der Waals surface area contributed by atoms with Gasteiger partial charge < -0.3 is 4.90 Å². The van der Waals surface area contributed by atoms with E-state index in [9.17, 15) is 13.2 Å². The lowest BCUT2D eigenvalue weighted by Gasteiger charge is -2.34. The summed E-state index contributed by atoms with van der Waals surface area (Å²) < 4.78 is 25.6. The van der Waals surface area contributed by atoms with E-state index in [0.29, 0.717) is 26.2 Å². The third kappa shape index (κ3) is 3.10. The monoisotopic (exact) mass is 287 g/mol. The number of piperazine rings is 1. The van der Waals surface area contributed by atoms with E-state index in [-0.39, 0.29) is 5.91 Å². The Morgan fingerprint density at radius 3 is 2.37 bits per heavy atom. The van der Waals surface area contributed by atoms with Gasteiger partial charge in [-0.2, -0.15) is 9.40 Å². The second kappa shape index (κ2) is 5.25. The highest BCUT2D eigenvalue weighted by atomic mass is 32.2. The molecule has 1 aliphatic rings. The van der Waals surface area contributed by atoms with Crippen LogP contribution in [0.5, 0.6) is 0 Å². The number of carbonyl (C=O) groups is 1. The maximum absolute atomic E-state index is 12.2. The van der Waals surface area contributed by atoms with Gasteiger partial charge in [-0.25, -0.2) is 18.1 Å². The van der Waals surface area contributed by atoms with Crippen LogP contribution < -0.4 is 0 Å². The van der Waals surface area contributed by atoms with Crippen molar-refractivity contribution in [3.05, 3.63) is 12.7 Å². The first kappa shape index (κ1) is 13.9. The van der Waals surface area contributed by atoms with Crippen molar-refractivity contribution in [2.45, 2.75) is 13.0 Å². The van der Waals surface area contributed by atoms with Gasteiger partial charge in [0.25, 0.3) is 0 Å². The first-order chi connectivity index (χ1) is 8.89. The average Bonchev–Trinajstić information content (AvgIpc) is 2.90. The maximum Gasteiger partial charge on any atom is 0.247 e. The Balaban J connectivity index is 1.96. The van der Waals surface area contributed by atoms with Gasteiger partial charge in [-0.15, -0.1) is 0 Å². The molecule has 1 aliphatic heterocycles. The zero-order valence-corrected chi connectivity index (χ0v) is 11.7. The minimum atomic E-state index is -3.17. The standard InChI is InChI=1S/C10H17N5O3S/c1-9(15-8-11-7-12-15)10(16)13-3-5-14(6-4-13)19(2,17)18/h7-9H,3-6H2,1-2H3. The molecule has 0 aromatic carbocycles. The van der Waals surface area contributed by atoms with E-state index in [4.69, 9.17) is 0 Å². The maximum atomic E-state index is 12.2. The van der Waals surface area contributed by atoms with E-state index < -0.39 is 16.1 Å². The smallest absolute Gasteiger partial charge is 0.247 e. The van der Waals surface area contributed by atoms with E-state index in [2.05, 4.69) is 10.1 Å². The molecule has 9 heteroatoms. The van der Waals surface area contributed by atoms with Gasteiger partial charge in [0.1, 0.15) is 18.7 Å². The van der Waals surface area contributed by atoms with Crippen LogP contribution in [-0.2, 0) is 14.8 Å². The molecule has 0 spiro atoms. The molecule has 1 aromatic rings. The van der Waals surface area contributed by atoms with Crippen LogP contribution >= 0.6 is 0 Å². The second-order valence-electron chi connectivity index (χ2n) is 4.54. The lowest BCUT2D eigenvalue weighted by Crippen LogP contribution is -2.51. The van der Waals surface area contributed by atoms with Crippen LogP contribution in [0.15, 0.2) is 12.7 Å². The first-order valence-electron chi connectivity index (χ1n) is 5.97. The Bertz CT molecular complexity index is 534. The van der Waals surface area contributed by atoms with Gasteiger partial charge in [0.2, 0.25) is 15.9 Å². The molecule has 106 valence electrons. The topological polar surface area (TPSA) is 88.4 Å². The van der Waals surface area contributed by atoms with Gasteiger partial charge in [-0.1, -0.05) is 0 Å². The molecule has 8 nitrogen and oxygen atoms in total. The fraction of sp³-hybridized carbons (Fsp3) is 0.700. The van der Waals surface area contributed by atoms with E-state index in [1.54, 1.807) is 11.8 Å². The van der Waals surface area contributed by atoms with Crippen molar-refractivity contribution in [3.63, 3.8) is 0 Å². The Hall–Kier alpha value is -1.48. The minimum absolute atomic E-state index is 0.0707. The molecule has 0 aliphatic carbocycles. The summed E-state index contributed by atoms with van der Waals surface area (Å²) in [5.41, 5.74) is 0. The molecule has 1 unspecified atom stereocenters. The van der Waals surface area contributed by atoms with Crippen molar-refractivity contribution in [3.8, 4) is 0 Å². The summed E-state index contributed by atoms with van der Waals surface area (Å²) in [6.45, 7) is 3.25. The quantitative estimate of drug-likeness (QED) is 0.707. The molecule has 2 heterocycles. The van der Waals surface area contributed by atoms with Gasteiger partial charge in [0.05, 0.1) is 6.26 Å². The number of carbonyl (C=O) groups excluding carboxylic acids is 1. The number of rotatable bonds is 3. The summed E-state index contributed by atoms with van der Waals surface area (Å²) in [6.07, 6.45) is 4.06. The summed E-state index contributed by atoms with van der Waals surface area (Å²) in [5.74, 6) is -0.0707. The molecular weight excluding hydrogens is 270 g/mol. The summed E-state index contributed by atoms with van der Waals surface area (Å²) in [5, 5.41) is 3.94. The zero-order valence-electron chi connectivity index (χ0n) is 10.9. The summed E-state index contributed by atoms with van der Waals surface area (Å²) in [7, 11) is -3.17. The van der Waals surface area contributed by atoms with Crippen LogP contribution in [0.2, 0.25) is 0 Å². The van der Waals surface area contributed by atoms with Gasteiger partial charge in [-0.3, -0.25) is 4.79 Å². The predicted molar refractivity (Wildman–Crippen MR) is 67.7 cm³/mol. The number of nitrogens with zero attached hydrogens (tertiary/aromatic N) is 5. The SMILES string of the molecule is CC(C(=O)N1CCN(S(C)(=O)=O)CC1)n1cncn1. The Labute approximate surface area is 112 Å². The molecular formula is C10H17N5O3S. The van der Waals surface area contributed by atoms with E-state index in [1.165, 1.54) is 27.9 Å². The summed E-state index contributed by atoms with van der Waals surface area (Å²) >= 11 is 0.